The van der Waals surface area contributed by atoms with E-state index < -0.39 is 16.6 Å². The minimum atomic E-state index is -3.66. The van der Waals surface area contributed by atoms with Gasteiger partial charge in [0.1, 0.15) is 0 Å². The molecule has 214 valence electrons. The van der Waals surface area contributed by atoms with Gasteiger partial charge in [-0.15, -0.1) is 10.2 Å². The zero-order chi connectivity index (χ0) is 27.5. The van der Waals surface area contributed by atoms with Crippen molar-refractivity contribution in [2.75, 3.05) is 61.3 Å². The fourth-order valence-corrected chi connectivity index (χ4v) is 6.92. The van der Waals surface area contributed by atoms with E-state index in [2.05, 4.69) is 42.9 Å². The van der Waals surface area contributed by atoms with Gasteiger partial charge < -0.3 is 24.1 Å². The Kier molecular flexibility index (Phi) is 8.06. The number of piperidine rings is 2. The van der Waals surface area contributed by atoms with Crippen molar-refractivity contribution in [3.8, 4) is 22.9 Å². The number of fused-ring (bicyclic) bond motifs is 5. The van der Waals surface area contributed by atoms with Crippen molar-refractivity contribution in [1.29, 1.82) is 0 Å². The number of hydrogen-bond donors (Lipinski definition) is 2. The summed E-state index contributed by atoms with van der Waals surface area (Å²) in [4.78, 5) is 4.79. The Labute approximate surface area is 235 Å². The van der Waals surface area contributed by atoms with Gasteiger partial charge in [0, 0.05) is 38.3 Å². The van der Waals surface area contributed by atoms with Gasteiger partial charge in [-0.3, -0.25) is 4.72 Å². The van der Waals surface area contributed by atoms with E-state index >= 15 is 0 Å². The monoisotopic (exact) mass is 567 g/mol. The first-order valence-corrected chi connectivity index (χ1v) is 15.9. The first-order valence-electron chi connectivity index (χ1n) is 14.3. The quantitative estimate of drug-likeness (QED) is 0.486. The summed E-state index contributed by atoms with van der Waals surface area (Å²) >= 11 is 0. The summed E-state index contributed by atoms with van der Waals surface area (Å²) in [7, 11) is -3.66. The van der Waals surface area contributed by atoms with Crippen LogP contribution >= 0.6 is 0 Å². The lowest BCUT2D eigenvalue weighted by Crippen LogP contribution is -2.38. The van der Waals surface area contributed by atoms with Crippen molar-refractivity contribution in [3.63, 3.8) is 0 Å². The average molecular weight is 568 g/mol. The number of ether oxygens (including phenoxy) is 1. The van der Waals surface area contributed by atoms with Crippen molar-refractivity contribution in [3.05, 3.63) is 48.0 Å². The highest BCUT2D eigenvalue weighted by Gasteiger charge is 2.26. The van der Waals surface area contributed by atoms with Crippen LogP contribution in [0.4, 0.5) is 11.4 Å². The Morgan fingerprint density at radius 3 is 2.65 bits per heavy atom. The van der Waals surface area contributed by atoms with Crippen LogP contribution in [-0.2, 0) is 14.8 Å². The molecule has 10 nitrogen and oxygen atoms in total. The Morgan fingerprint density at radius 2 is 1.80 bits per heavy atom. The number of benzene rings is 2. The molecule has 2 atom stereocenters. The number of aliphatic hydroxyl groups is 1. The number of anilines is 2. The molecule has 7 rings (SSSR count). The standard InChI is InChI=1S/C29H37N5O5S/c35-15-17-40(36,37)32-24-7-8-26-27(19-24)34-13-9-25(10-14-34)38-16-3-12-33-11-2-6-23(20-33)21-4-1-5-22(18-21)28-30-31-29(26)39-28/h1,4-5,7-8,18-19,23,25,32,35H,2-3,6,9-17,20H2. The zero-order valence-corrected chi connectivity index (χ0v) is 23.5. The number of nitrogens with one attached hydrogen (secondary N) is 1. The van der Waals surface area contributed by atoms with Crippen LogP contribution in [0.1, 0.15) is 43.6 Å². The average Bonchev–Trinajstić information content (AvgIpc) is 3.46. The minimum absolute atomic E-state index is 0.207. The second-order valence-corrected chi connectivity index (χ2v) is 12.8. The summed E-state index contributed by atoms with van der Waals surface area (Å²) in [6.45, 7) is 5.08. The molecular weight excluding hydrogens is 530 g/mol. The maximum atomic E-state index is 12.4. The fraction of sp³-hybridized carbons (Fsp3) is 0.517. The van der Waals surface area contributed by atoms with Gasteiger partial charge in [-0.05, 0) is 80.5 Å². The molecule has 40 heavy (non-hydrogen) atoms. The van der Waals surface area contributed by atoms with E-state index in [4.69, 9.17) is 14.3 Å². The van der Waals surface area contributed by atoms with Crippen molar-refractivity contribution in [2.45, 2.75) is 44.1 Å². The Balaban J connectivity index is 1.37. The van der Waals surface area contributed by atoms with Crippen molar-refractivity contribution in [2.24, 2.45) is 0 Å². The lowest BCUT2D eigenvalue weighted by atomic mass is 9.89. The minimum Gasteiger partial charge on any atom is -0.416 e. The van der Waals surface area contributed by atoms with Gasteiger partial charge >= 0.3 is 0 Å². The maximum Gasteiger partial charge on any atom is 0.250 e. The van der Waals surface area contributed by atoms with Gasteiger partial charge in [-0.1, -0.05) is 12.1 Å². The number of rotatable bonds is 4. The van der Waals surface area contributed by atoms with E-state index in [9.17, 15) is 8.42 Å². The molecule has 2 aromatic carbocycles. The summed E-state index contributed by atoms with van der Waals surface area (Å²) in [5, 5.41) is 18.0. The molecule has 2 saturated heterocycles. The number of aromatic nitrogens is 2. The van der Waals surface area contributed by atoms with Gasteiger partial charge in [0.25, 0.3) is 0 Å². The van der Waals surface area contributed by atoms with Crippen molar-refractivity contribution >= 4 is 21.4 Å². The van der Waals surface area contributed by atoms with Crippen molar-refractivity contribution in [1.82, 2.24) is 15.1 Å². The second kappa shape index (κ2) is 11.9. The SMILES string of the molecule is O=S(=O)(CCO)Nc1ccc2c(c1)N1CCC(CC1)OCCCN1CCCC(C1)c1cccc(c1)-c1nnc-2o1. The molecule has 4 aliphatic rings. The molecule has 4 aliphatic heterocycles. The predicted molar refractivity (Wildman–Crippen MR) is 154 cm³/mol. The first kappa shape index (κ1) is 27.2. The second-order valence-electron chi connectivity index (χ2n) is 11.0. The van der Waals surface area contributed by atoms with Crippen molar-refractivity contribution < 1.29 is 22.7 Å². The van der Waals surface area contributed by atoms with Crippen LogP contribution in [0.5, 0.6) is 0 Å². The molecule has 2 N–H and O–H groups in total. The summed E-state index contributed by atoms with van der Waals surface area (Å²) in [6.07, 6.45) is 5.35. The highest BCUT2D eigenvalue weighted by atomic mass is 32.2. The smallest absolute Gasteiger partial charge is 0.250 e. The third-order valence-electron chi connectivity index (χ3n) is 8.15. The number of sulfonamides is 1. The summed E-state index contributed by atoms with van der Waals surface area (Å²) in [5.41, 5.74) is 4.19. The maximum absolute atomic E-state index is 12.4. The Bertz CT molecular complexity index is 1420. The molecule has 1 aromatic heterocycles. The molecule has 0 spiro atoms. The Morgan fingerprint density at radius 1 is 0.975 bits per heavy atom. The van der Waals surface area contributed by atoms with Gasteiger partial charge in [0.15, 0.2) is 0 Å². The van der Waals surface area contributed by atoms with Crippen LogP contribution in [-0.4, -0.2) is 86.4 Å². The number of hydrogen-bond acceptors (Lipinski definition) is 9. The lowest BCUT2D eigenvalue weighted by Gasteiger charge is -2.35. The van der Waals surface area contributed by atoms with Crippen LogP contribution in [0.25, 0.3) is 22.9 Å². The molecule has 0 radical (unpaired) electrons. The molecule has 0 amide bonds. The zero-order valence-electron chi connectivity index (χ0n) is 22.7. The van der Waals surface area contributed by atoms with Crippen LogP contribution in [0, 0.1) is 0 Å². The molecule has 2 fully saturated rings. The molecule has 0 aliphatic carbocycles. The normalized spacial score (nSPS) is 23.5. The molecule has 8 bridgehead atoms. The van der Waals surface area contributed by atoms with E-state index in [1.165, 1.54) is 18.4 Å². The van der Waals surface area contributed by atoms with E-state index in [0.29, 0.717) is 23.4 Å². The van der Waals surface area contributed by atoms with Crippen LogP contribution in [0.3, 0.4) is 0 Å². The van der Waals surface area contributed by atoms with E-state index in [-0.39, 0.29) is 11.9 Å². The van der Waals surface area contributed by atoms with Crippen LogP contribution < -0.4 is 9.62 Å². The van der Waals surface area contributed by atoms with Gasteiger partial charge in [0.2, 0.25) is 21.8 Å². The topological polar surface area (TPSA) is 121 Å². The number of aliphatic hydroxyl groups excluding tert-OH is 1. The fourth-order valence-electron chi connectivity index (χ4n) is 6.09. The first-order chi connectivity index (χ1) is 19.5. The van der Waals surface area contributed by atoms with E-state index in [1.807, 2.05) is 18.2 Å². The molecule has 3 aromatic rings. The summed E-state index contributed by atoms with van der Waals surface area (Å²) in [5.74, 6) is 0.960. The van der Waals surface area contributed by atoms with E-state index in [0.717, 1.165) is 75.4 Å². The van der Waals surface area contributed by atoms with Gasteiger partial charge in [-0.25, -0.2) is 8.42 Å². The summed E-state index contributed by atoms with van der Waals surface area (Å²) in [6, 6.07) is 13.8. The lowest BCUT2D eigenvalue weighted by molar-refractivity contribution is 0.0304. The highest BCUT2D eigenvalue weighted by Crippen LogP contribution is 2.37. The predicted octanol–water partition coefficient (Wildman–Crippen LogP) is 3.71. The van der Waals surface area contributed by atoms with Gasteiger partial charge in [-0.2, -0.15) is 0 Å². The Hall–Kier alpha value is -2.99. The molecule has 5 heterocycles. The molecule has 0 saturated carbocycles. The molecule has 11 heteroatoms. The summed E-state index contributed by atoms with van der Waals surface area (Å²) < 4.78 is 39.8. The van der Waals surface area contributed by atoms with E-state index in [1.54, 1.807) is 6.07 Å². The third-order valence-corrected chi connectivity index (χ3v) is 9.42. The molecule has 2 unspecified atom stereocenters. The number of nitrogens with zero attached hydrogens (tertiary/aromatic N) is 4. The van der Waals surface area contributed by atoms with Crippen LogP contribution in [0.15, 0.2) is 46.9 Å². The van der Waals surface area contributed by atoms with Crippen LogP contribution in [0.2, 0.25) is 0 Å². The third kappa shape index (κ3) is 6.17. The largest absolute Gasteiger partial charge is 0.416 e. The van der Waals surface area contributed by atoms with Gasteiger partial charge in [0.05, 0.1) is 35.4 Å². The molecular formula is C29H37N5O5S. The highest BCUT2D eigenvalue weighted by molar-refractivity contribution is 7.92.